The highest BCUT2D eigenvalue weighted by molar-refractivity contribution is 5.73. The number of aliphatic hydroxyl groups excluding tert-OH is 2. The molecule has 19 heavy (non-hydrogen) atoms. The Kier molecular flexibility index (Phi) is 4.73. The van der Waals surface area contributed by atoms with Gasteiger partial charge in [-0.2, -0.15) is 13.2 Å². The molecule has 0 radical (unpaired) electrons. The van der Waals surface area contributed by atoms with Crippen molar-refractivity contribution in [3.8, 4) is 5.75 Å². The topological polar surface area (TPSA) is 87.0 Å². The van der Waals surface area contributed by atoms with Gasteiger partial charge in [0.25, 0.3) is 0 Å². The van der Waals surface area contributed by atoms with Crippen LogP contribution in [0.25, 0.3) is 0 Å². The number of hydrogen-bond donors (Lipinski definition) is 3. The summed E-state index contributed by atoms with van der Waals surface area (Å²) in [6.45, 7) is -1.45. The smallest absolute Gasteiger partial charge is 0.422 e. The average Bonchev–Trinajstić information content (AvgIpc) is 2.34. The Morgan fingerprint density at radius 2 is 1.74 bits per heavy atom. The normalized spacial score (nSPS) is 14.8. The molecule has 2 atom stereocenters. The third-order valence-corrected chi connectivity index (χ3v) is 2.18. The van der Waals surface area contributed by atoms with E-state index in [-0.39, 0.29) is 11.3 Å². The second kappa shape index (κ2) is 5.89. The molecular weight excluding hydrogens is 269 g/mol. The van der Waals surface area contributed by atoms with Crippen LogP contribution >= 0.6 is 0 Å². The van der Waals surface area contributed by atoms with E-state index in [9.17, 15) is 23.1 Å². The van der Waals surface area contributed by atoms with E-state index >= 15 is 0 Å². The summed E-state index contributed by atoms with van der Waals surface area (Å²) in [4.78, 5) is 10.4. The average molecular weight is 280 g/mol. The van der Waals surface area contributed by atoms with Crippen molar-refractivity contribution in [2.24, 2.45) is 0 Å². The minimum atomic E-state index is -4.46. The van der Waals surface area contributed by atoms with Crippen LogP contribution in [0.2, 0.25) is 0 Å². The highest BCUT2D eigenvalue weighted by atomic mass is 19.4. The van der Waals surface area contributed by atoms with Crippen LogP contribution in [0.4, 0.5) is 13.2 Å². The van der Waals surface area contributed by atoms with E-state index in [0.29, 0.717) is 0 Å². The largest absolute Gasteiger partial charge is 0.484 e. The van der Waals surface area contributed by atoms with Crippen molar-refractivity contribution in [2.45, 2.75) is 18.4 Å². The molecular formula is C11H11F3O5. The Bertz CT molecular complexity index is 429. The molecule has 106 valence electrons. The SMILES string of the molecule is O=C(O)C(O)C(O)c1ccc(OCC(F)(F)F)cc1. The molecule has 0 fully saturated rings. The van der Waals surface area contributed by atoms with Crippen LogP contribution in [-0.4, -0.2) is 40.2 Å². The predicted octanol–water partition coefficient (Wildman–Crippen LogP) is 1.11. The summed E-state index contributed by atoms with van der Waals surface area (Å²) in [5.41, 5.74) is 0.0502. The molecule has 0 aliphatic carbocycles. The number of carboxylic acid groups (broad SMARTS) is 1. The highest BCUT2D eigenvalue weighted by Gasteiger charge is 2.28. The first kappa shape index (κ1) is 15.3. The van der Waals surface area contributed by atoms with Crippen molar-refractivity contribution in [3.05, 3.63) is 29.8 Å². The fourth-order valence-corrected chi connectivity index (χ4v) is 1.24. The lowest BCUT2D eigenvalue weighted by molar-refractivity contribution is -0.154. The summed E-state index contributed by atoms with van der Waals surface area (Å²) < 4.78 is 40.1. The fourth-order valence-electron chi connectivity index (χ4n) is 1.24. The summed E-state index contributed by atoms with van der Waals surface area (Å²) in [6.07, 6.45) is -8.14. The summed E-state index contributed by atoms with van der Waals surface area (Å²) in [5, 5.41) is 27.0. The molecule has 3 N–H and O–H groups in total. The van der Waals surface area contributed by atoms with Gasteiger partial charge in [0.15, 0.2) is 12.7 Å². The molecule has 5 nitrogen and oxygen atoms in total. The summed E-state index contributed by atoms with van der Waals surface area (Å²) in [6, 6.07) is 4.61. The zero-order valence-corrected chi connectivity index (χ0v) is 9.46. The van der Waals surface area contributed by atoms with Gasteiger partial charge in [-0.3, -0.25) is 0 Å². The summed E-state index contributed by atoms with van der Waals surface area (Å²) in [7, 11) is 0. The predicted molar refractivity (Wildman–Crippen MR) is 56.6 cm³/mol. The van der Waals surface area contributed by atoms with Gasteiger partial charge in [0.2, 0.25) is 0 Å². The molecule has 0 aromatic heterocycles. The van der Waals surface area contributed by atoms with E-state index in [4.69, 9.17) is 10.2 Å². The number of carbonyl (C=O) groups is 1. The van der Waals surface area contributed by atoms with Gasteiger partial charge < -0.3 is 20.1 Å². The molecule has 0 aliphatic rings. The van der Waals surface area contributed by atoms with Crippen LogP contribution in [0.15, 0.2) is 24.3 Å². The van der Waals surface area contributed by atoms with Gasteiger partial charge in [-0.05, 0) is 17.7 Å². The van der Waals surface area contributed by atoms with Gasteiger partial charge in [0.05, 0.1) is 0 Å². The summed E-state index contributed by atoms with van der Waals surface area (Å²) in [5.74, 6) is -1.69. The van der Waals surface area contributed by atoms with Gasteiger partial charge >= 0.3 is 12.1 Å². The zero-order chi connectivity index (χ0) is 14.6. The molecule has 2 unspecified atom stereocenters. The van der Waals surface area contributed by atoms with E-state index in [1.165, 1.54) is 12.1 Å². The maximum absolute atomic E-state index is 11.9. The van der Waals surface area contributed by atoms with Gasteiger partial charge in [0.1, 0.15) is 11.9 Å². The molecule has 1 rings (SSSR count). The monoisotopic (exact) mass is 280 g/mol. The molecule has 0 aliphatic heterocycles. The van der Waals surface area contributed by atoms with E-state index in [2.05, 4.69) is 4.74 Å². The second-order valence-electron chi connectivity index (χ2n) is 3.70. The van der Waals surface area contributed by atoms with Gasteiger partial charge in [-0.15, -0.1) is 0 Å². The first-order valence-electron chi connectivity index (χ1n) is 5.09. The van der Waals surface area contributed by atoms with Crippen LogP contribution in [0.3, 0.4) is 0 Å². The third-order valence-electron chi connectivity index (χ3n) is 2.18. The van der Waals surface area contributed by atoms with Crippen LogP contribution in [0.5, 0.6) is 5.75 Å². The van der Waals surface area contributed by atoms with Crippen LogP contribution in [0.1, 0.15) is 11.7 Å². The van der Waals surface area contributed by atoms with Crippen molar-refractivity contribution < 1.29 is 38.0 Å². The maximum atomic E-state index is 11.9. The molecule has 1 aromatic carbocycles. The fraction of sp³-hybridized carbons (Fsp3) is 0.364. The molecule has 0 bridgehead atoms. The first-order chi connectivity index (χ1) is 8.70. The lowest BCUT2D eigenvalue weighted by Gasteiger charge is -2.15. The molecule has 0 saturated heterocycles. The molecule has 8 heteroatoms. The van der Waals surface area contributed by atoms with E-state index in [1.807, 2.05) is 0 Å². The Hall–Kier alpha value is -1.80. The van der Waals surface area contributed by atoms with Crippen molar-refractivity contribution in [1.29, 1.82) is 0 Å². The number of rotatable bonds is 5. The number of alkyl halides is 3. The van der Waals surface area contributed by atoms with Crippen LogP contribution < -0.4 is 4.74 Å². The molecule has 0 spiro atoms. The third kappa shape index (κ3) is 4.76. The quantitative estimate of drug-likeness (QED) is 0.752. The first-order valence-corrected chi connectivity index (χ1v) is 5.09. The van der Waals surface area contributed by atoms with Crippen molar-refractivity contribution in [1.82, 2.24) is 0 Å². The Labute approximate surface area is 105 Å². The number of ether oxygens (including phenoxy) is 1. The zero-order valence-electron chi connectivity index (χ0n) is 9.46. The summed E-state index contributed by atoms with van der Waals surface area (Å²) >= 11 is 0. The number of aliphatic hydroxyl groups is 2. The number of carboxylic acids is 1. The second-order valence-corrected chi connectivity index (χ2v) is 3.70. The Morgan fingerprint density at radius 3 is 2.16 bits per heavy atom. The van der Waals surface area contributed by atoms with Gasteiger partial charge in [-0.1, -0.05) is 12.1 Å². The number of aliphatic carboxylic acids is 1. The Morgan fingerprint density at radius 1 is 1.21 bits per heavy atom. The lowest BCUT2D eigenvalue weighted by Crippen LogP contribution is -2.27. The van der Waals surface area contributed by atoms with Gasteiger partial charge in [-0.25, -0.2) is 4.79 Å². The molecule has 1 aromatic rings. The molecule has 0 heterocycles. The maximum Gasteiger partial charge on any atom is 0.422 e. The van der Waals surface area contributed by atoms with Crippen molar-refractivity contribution in [2.75, 3.05) is 6.61 Å². The van der Waals surface area contributed by atoms with Crippen molar-refractivity contribution >= 4 is 5.97 Å². The van der Waals surface area contributed by atoms with Crippen LogP contribution in [-0.2, 0) is 4.79 Å². The lowest BCUT2D eigenvalue weighted by atomic mass is 10.0. The van der Waals surface area contributed by atoms with Crippen molar-refractivity contribution in [3.63, 3.8) is 0 Å². The van der Waals surface area contributed by atoms with E-state index in [1.54, 1.807) is 0 Å². The minimum absolute atomic E-state index is 0.0502. The minimum Gasteiger partial charge on any atom is -0.484 e. The number of halogens is 3. The Balaban J connectivity index is 2.68. The molecule has 0 saturated carbocycles. The van der Waals surface area contributed by atoms with E-state index < -0.39 is 31.0 Å². The van der Waals surface area contributed by atoms with Crippen LogP contribution in [0, 0.1) is 0 Å². The number of benzene rings is 1. The highest BCUT2D eigenvalue weighted by Crippen LogP contribution is 2.22. The van der Waals surface area contributed by atoms with Gasteiger partial charge in [0, 0.05) is 0 Å². The molecule has 0 amide bonds. The van der Waals surface area contributed by atoms with E-state index in [0.717, 1.165) is 12.1 Å². The number of hydrogen-bond acceptors (Lipinski definition) is 4. The standard InChI is InChI=1S/C11H11F3O5/c12-11(13,14)5-19-7-3-1-6(2-4-7)8(15)9(16)10(17)18/h1-4,8-9,15-16H,5H2,(H,17,18).